The van der Waals surface area contributed by atoms with Crippen molar-refractivity contribution in [3.63, 3.8) is 0 Å². The van der Waals surface area contributed by atoms with Gasteiger partial charge in [0.25, 0.3) is 0 Å². The fraction of sp³-hybridized carbons (Fsp3) is 0.300. The molecule has 1 aromatic rings. The van der Waals surface area contributed by atoms with E-state index in [4.69, 9.17) is 11.5 Å². The van der Waals surface area contributed by atoms with Crippen LogP contribution in [0.4, 0.5) is 4.79 Å². The van der Waals surface area contributed by atoms with Gasteiger partial charge < -0.3 is 16.8 Å². The molecule has 4 heteroatoms. The molecule has 0 aliphatic carbocycles. The van der Waals surface area contributed by atoms with Crippen molar-refractivity contribution < 1.29 is 4.79 Å². The molecule has 1 rings (SSSR count). The summed E-state index contributed by atoms with van der Waals surface area (Å²) < 4.78 is 0. The number of nitrogens with two attached hydrogens (primary N) is 2. The van der Waals surface area contributed by atoms with E-state index in [2.05, 4.69) is 5.32 Å². The maximum absolute atomic E-state index is 10.5. The van der Waals surface area contributed by atoms with Gasteiger partial charge in [0, 0.05) is 13.1 Å². The van der Waals surface area contributed by atoms with Crippen molar-refractivity contribution in [3.8, 4) is 0 Å². The average molecular weight is 193 g/mol. The number of rotatable bonds is 3. The summed E-state index contributed by atoms with van der Waals surface area (Å²) in [5.41, 5.74) is 13.7. The predicted molar refractivity (Wildman–Crippen MR) is 55.5 cm³/mol. The zero-order valence-corrected chi connectivity index (χ0v) is 8.21. The number of hydrogen-bond donors (Lipinski definition) is 3. The van der Waals surface area contributed by atoms with Crippen LogP contribution in [0.1, 0.15) is 16.7 Å². The Hall–Kier alpha value is -1.55. The van der Waals surface area contributed by atoms with E-state index < -0.39 is 6.03 Å². The first kappa shape index (κ1) is 10.5. The number of hydrogen-bond acceptors (Lipinski definition) is 2. The third-order valence-electron chi connectivity index (χ3n) is 2.10. The Morgan fingerprint density at radius 3 is 2.79 bits per heavy atom. The zero-order valence-electron chi connectivity index (χ0n) is 8.21. The monoisotopic (exact) mass is 193 g/mol. The summed E-state index contributed by atoms with van der Waals surface area (Å²) in [5, 5.41) is 2.55. The van der Waals surface area contributed by atoms with Crippen LogP contribution >= 0.6 is 0 Å². The van der Waals surface area contributed by atoms with Gasteiger partial charge in [0.1, 0.15) is 0 Å². The highest BCUT2D eigenvalue weighted by atomic mass is 16.2. The number of carbonyl (C=O) groups is 1. The lowest BCUT2D eigenvalue weighted by Crippen LogP contribution is -2.28. The summed E-state index contributed by atoms with van der Waals surface area (Å²) in [4.78, 5) is 10.5. The Labute approximate surface area is 83.3 Å². The summed E-state index contributed by atoms with van der Waals surface area (Å²) in [6.45, 7) is 2.94. The van der Waals surface area contributed by atoms with Gasteiger partial charge in [-0.1, -0.05) is 18.2 Å². The van der Waals surface area contributed by atoms with E-state index in [1.54, 1.807) is 0 Å². The van der Waals surface area contributed by atoms with Gasteiger partial charge in [-0.25, -0.2) is 4.79 Å². The van der Waals surface area contributed by atoms with Crippen LogP contribution in [0.15, 0.2) is 18.2 Å². The summed E-state index contributed by atoms with van der Waals surface area (Å²) in [6.07, 6.45) is 0. The van der Waals surface area contributed by atoms with Crippen molar-refractivity contribution in [2.24, 2.45) is 11.5 Å². The molecule has 0 saturated heterocycles. The van der Waals surface area contributed by atoms with Crippen molar-refractivity contribution in [3.05, 3.63) is 34.9 Å². The second-order valence-corrected chi connectivity index (χ2v) is 3.18. The van der Waals surface area contributed by atoms with Gasteiger partial charge in [-0.3, -0.25) is 0 Å². The number of nitrogens with one attached hydrogen (secondary N) is 1. The van der Waals surface area contributed by atoms with Gasteiger partial charge in [0.2, 0.25) is 0 Å². The lowest BCUT2D eigenvalue weighted by molar-refractivity contribution is 0.248. The molecule has 0 atom stereocenters. The second kappa shape index (κ2) is 4.62. The fourth-order valence-electron chi connectivity index (χ4n) is 1.22. The Morgan fingerprint density at radius 1 is 1.50 bits per heavy atom. The van der Waals surface area contributed by atoms with Crippen LogP contribution in [0.3, 0.4) is 0 Å². The molecule has 0 spiro atoms. The lowest BCUT2D eigenvalue weighted by Gasteiger charge is -2.07. The molecule has 0 aliphatic heterocycles. The average Bonchev–Trinajstić information content (AvgIpc) is 2.16. The first-order chi connectivity index (χ1) is 6.63. The minimum Gasteiger partial charge on any atom is -0.352 e. The highest BCUT2D eigenvalue weighted by Crippen LogP contribution is 2.10. The summed E-state index contributed by atoms with van der Waals surface area (Å²) in [7, 11) is 0. The summed E-state index contributed by atoms with van der Waals surface area (Å²) >= 11 is 0. The van der Waals surface area contributed by atoms with Crippen molar-refractivity contribution in [2.45, 2.75) is 20.0 Å². The minimum absolute atomic E-state index is 0.453. The highest BCUT2D eigenvalue weighted by molar-refractivity contribution is 5.71. The predicted octanol–water partition coefficient (Wildman–Crippen LogP) is 0.622. The van der Waals surface area contributed by atoms with Gasteiger partial charge in [0.05, 0.1) is 0 Å². The molecule has 2 amide bonds. The molecule has 1 aromatic carbocycles. The third kappa shape index (κ3) is 2.74. The van der Waals surface area contributed by atoms with E-state index in [0.717, 1.165) is 16.7 Å². The molecule has 0 radical (unpaired) electrons. The van der Waals surface area contributed by atoms with Gasteiger partial charge in [-0.2, -0.15) is 0 Å². The Morgan fingerprint density at radius 2 is 2.21 bits per heavy atom. The van der Waals surface area contributed by atoms with E-state index in [9.17, 15) is 4.79 Å². The number of amides is 2. The zero-order chi connectivity index (χ0) is 10.6. The molecule has 5 N–H and O–H groups in total. The minimum atomic E-state index is -0.512. The van der Waals surface area contributed by atoms with Gasteiger partial charge in [-0.05, 0) is 23.6 Å². The van der Waals surface area contributed by atoms with E-state index >= 15 is 0 Å². The van der Waals surface area contributed by atoms with Crippen LogP contribution < -0.4 is 16.8 Å². The van der Waals surface area contributed by atoms with Gasteiger partial charge >= 0.3 is 6.03 Å². The molecule has 0 bridgehead atoms. The topological polar surface area (TPSA) is 81.1 Å². The molecule has 0 aromatic heterocycles. The van der Waals surface area contributed by atoms with E-state index in [1.807, 2.05) is 25.1 Å². The van der Waals surface area contributed by atoms with Crippen LogP contribution in [0.2, 0.25) is 0 Å². The van der Waals surface area contributed by atoms with Crippen molar-refractivity contribution >= 4 is 6.03 Å². The van der Waals surface area contributed by atoms with Crippen molar-refractivity contribution in [1.82, 2.24) is 5.32 Å². The van der Waals surface area contributed by atoms with Crippen molar-refractivity contribution in [1.29, 1.82) is 0 Å². The van der Waals surface area contributed by atoms with Crippen LogP contribution in [-0.2, 0) is 13.1 Å². The highest BCUT2D eigenvalue weighted by Gasteiger charge is 2.00. The molecule has 0 aliphatic rings. The van der Waals surface area contributed by atoms with E-state index in [0.29, 0.717) is 13.1 Å². The molecule has 0 unspecified atom stereocenters. The Balaban J connectivity index is 2.78. The molecule has 0 heterocycles. The Kier molecular flexibility index (Phi) is 3.48. The first-order valence-electron chi connectivity index (χ1n) is 4.45. The summed E-state index contributed by atoms with van der Waals surface area (Å²) in [6, 6.07) is 5.43. The van der Waals surface area contributed by atoms with E-state index in [-0.39, 0.29) is 0 Å². The molecule has 14 heavy (non-hydrogen) atoms. The second-order valence-electron chi connectivity index (χ2n) is 3.18. The number of aryl methyl sites for hydroxylation is 1. The standard InChI is InChI=1S/C10H15N3O/c1-7-2-3-8(5-11)4-9(7)6-13-10(12)14/h2-4H,5-6,11H2,1H3,(H3,12,13,14). The molecule has 76 valence electrons. The van der Waals surface area contributed by atoms with E-state index in [1.165, 1.54) is 0 Å². The molecule has 4 nitrogen and oxygen atoms in total. The van der Waals surface area contributed by atoms with Crippen LogP contribution in [0, 0.1) is 6.92 Å². The number of benzene rings is 1. The number of carbonyl (C=O) groups excluding carboxylic acids is 1. The van der Waals surface area contributed by atoms with Crippen LogP contribution in [0.25, 0.3) is 0 Å². The Bertz CT molecular complexity index is 336. The molecule has 0 saturated carbocycles. The summed E-state index contributed by atoms with van der Waals surface area (Å²) in [5.74, 6) is 0. The lowest BCUT2D eigenvalue weighted by atomic mass is 10.1. The normalized spacial score (nSPS) is 9.86. The third-order valence-corrected chi connectivity index (χ3v) is 2.10. The molecular weight excluding hydrogens is 178 g/mol. The fourth-order valence-corrected chi connectivity index (χ4v) is 1.22. The number of primary amides is 1. The largest absolute Gasteiger partial charge is 0.352 e. The maximum atomic E-state index is 10.5. The number of urea groups is 1. The smallest absolute Gasteiger partial charge is 0.312 e. The van der Waals surface area contributed by atoms with Crippen LogP contribution in [0.5, 0.6) is 0 Å². The van der Waals surface area contributed by atoms with Crippen LogP contribution in [-0.4, -0.2) is 6.03 Å². The van der Waals surface area contributed by atoms with Gasteiger partial charge in [-0.15, -0.1) is 0 Å². The SMILES string of the molecule is Cc1ccc(CN)cc1CNC(N)=O. The molecule has 0 fully saturated rings. The molecular formula is C10H15N3O. The van der Waals surface area contributed by atoms with Gasteiger partial charge in [0.15, 0.2) is 0 Å². The van der Waals surface area contributed by atoms with Crippen molar-refractivity contribution in [2.75, 3.05) is 0 Å². The maximum Gasteiger partial charge on any atom is 0.312 e. The first-order valence-corrected chi connectivity index (χ1v) is 4.45. The quantitative estimate of drug-likeness (QED) is 0.657.